The molecule has 0 aliphatic carbocycles. The van der Waals surface area contributed by atoms with Crippen LogP contribution in [0.5, 0.6) is 0 Å². The first kappa shape index (κ1) is 17.3. The minimum Gasteiger partial charge on any atom is -0.384 e. The van der Waals surface area contributed by atoms with Gasteiger partial charge in [0.05, 0.1) is 11.3 Å². The number of benzene rings is 1. The first-order valence-corrected chi connectivity index (χ1v) is 8.24. The number of halogens is 1. The molecule has 2 rings (SSSR count). The molecule has 0 bridgehead atoms. The third-order valence-corrected chi connectivity index (χ3v) is 3.79. The van der Waals surface area contributed by atoms with E-state index >= 15 is 0 Å². The Morgan fingerprint density at radius 3 is 2.83 bits per heavy atom. The number of pyridine rings is 1. The fourth-order valence-electron chi connectivity index (χ4n) is 2.19. The Bertz CT molecular complexity index is 673. The van der Waals surface area contributed by atoms with Crippen molar-refractivity contribution in [2.24, 2.45) is 0 Å². The molecule has 5 heteroatoms. The number of rotatable bonds is 7. The average molecular weight is 332 g/mol. The molecule has 1 aromatic heterocycles. The molecule has 4 nitrogen and oxygen atoms in total. The molecule has 122 valence electrons. The molecular formula is C18H22ClN3O. The third kappa shape index (κ3) is 5.25. The van der Waals surface area contributed by atoms with E-state index in [0.29, 0.717) is 16.3 Å². The molecule has 2 aromatic rings. The Morgan fingerprint density at radius 2 is 2.04 bits per heavy atom. The zero-order valence-electron chi connectivity index (χ0n) is 13.5. The van der Waals surface area contributed by atoms with Gasteiger partial charge in [0, 0.05) is 29.6 Å². The van der Waals surface area contributed by atoms with Gasteiger partial charge in [-0.05, 0) is 37.1 Å². The van der Waals surface area contributed by atoms with Crippen molar-refractivity contribution in [3.8, 4) is 0 Å². The summed E-state index contributed by atoms with van der Waals surface area (Å²) in [5.74, 6) is -0.194. The van der Waals surface area contributed by atoms with Crippen LogP contribution in [0.25, 0.3) is 0 Å². The van der Waals surface area contributed by atoms with Gasteiger partial charge in [0.1, 0.15) is 0 Å². The Morgan fingerprint density at radius 1 is 1.22 bits per heavy atom. The third-order valence-electron chi connectivity index (χ3n) is 3.56. The van der Waals surface area contributed by atoms with Gasteiger partial charge in [0.25, 0.3) is 5.91 Å². The molecule has 0 saturated heterocycles. The van der Waals surface area contributed by atoms with Gasteiger partial charge in [-0.25, -0.2) is 0 Å². The van der Waals surface area contributed by atoms with E-state index in [9.17, 15) is 4.79 Å². The predicted octanol–water partition coefficient (Wildman–Crippen LogP) is 4.90. The van der Waals surface area contributed by atoms with Crippen LogP contribution in [0.2, 0.25) is 5.02 Å². The van der Waals surface area contributed by atoms with E-state index in [1.165, 1.54) is 12.8 Å². The summed E-state index contributed by atoms with van der Waals surface area (Å²) >= 11 is 5.98. The van der Waals surface area contributed by atoms with E-state index in [1.54, 1.807) is 24.5 Å². The van der Waals surface area contributed by atoms with Gasteiger partial charge in [0.2, 0.25) is 0 Å². The van der Waals surface area contributed by atoms with Gasteiger partial charge in [-0.1, -0.05) is 37.4 Å². The summed E-state index contributed by atoms with van der Waals surface area (Å²) in [4.78, 5) is 16.5. The van der Waals surface area contributed by atoms with Crippen LogP contribution in [-0.4, -0.2) is 17.4 Å². The molecule has 1 heterocycles. The molecule has 0 atom stereocenters. The molecular weight excluding hydrogens is 310 g/mol. The number of nitrogens with one attached hydrogen (secondary N) is 2. The summed E-state index contributed by atoms with van der Waals surface area (Å²) in [6.45, 7) is 4.98. The second-order valence-electron chi connectivity index (χ2n) is 5.51. The van der Waals surface area contributed by atoms with E-state index in [4.69, 9.17) is 11.6 Å². The van der Waals surface area contributed by atoms with Crippen molar-refractivity contribution in [1.29, 1.82) is 0 Å². The highest BCUT2D eigenvalue weighted by Gasteiger charge is 2.09. The zero-order valence-corrected chi connectivity index (χ0v) is 14.3. The van der Waals surface area contributed by atoms with Crippen LogP contribution in [0.4, 0.5) is 11.4 Å². The van der Waals surface area contributed by atoms with Gasteiger partial charge in [0.15, 0.2) is 0 Å². The molecule has 0 aliphatic rings. The van der Waals surface area contributed by atoms with Crippen LogP contribution < -0.4 is 10.6 Å². The summed E-state index contributed by atoms with van der Waals surface area (Å²) < 4.78 is 0. The lowest BCUT2D eigenvalue weighted by Gasteiger charge is -2.10. The van der Waals surface area contributed by atoms with Crippen molar-refractivity contribution in [2.75, 3.05) is 17.2 Å². The number of nitrogens with zero attached hydrogens (tertiary/aromatic N) is 1. The molecule has 1 aromatic carbocycles. The minimum absolute atomic E-state index is 0.194. The van der Waals surface area contributed by atoms with E-state index in [0.717, 1.165) is 24.2 Å². The fourth-order valence-corrected chi connectivity index (χ4v) is 2.36. The van der Waals surface area contributed by atoms with Crippen molar-refractivity contribution in [3.63, 3.8) is 0 Å². The van der Waals surface area contributed by atoms with E-state index in [1.807, 2.05) is 19.1 Å². The molecule has 0 spiro atoms. The van der Waals surface area contributed by atoms with Crippen LogP contribution in [0.15, 0.2) is 36.7 Å². The largest absolute Gasteiger partial charge is 0.384 e. The standard InChI is InChI=1S/C18H22ClN3O/c1-3-4-5-8-21-16-9-14(11-20-12-16)18(23)22-17-10-15(19)7-6-13(17)2/h6-7,9-12,21H,3-5,8H2,1-2H3,(H,22,23). The Labute approximate surface area is 142 Å². The Hall–Kier alpha value is -2.07. The lowest BCUT2D eigenvalue weighted by Crippen LogP contribution is -2.13. The number of unbranched alkanes of at least 4 members (excludes halogenated alkanes) is 2. The second kappa shape index (κ2) is 8.53. The second-order valence-corrected chi connectivity index (χ2v) is 5.95. The molecule has 0 unspecified atom stereocenters. The first-order valence-electron chi connectivity index (χ1n) is 7.86. The van der Waals surface area contributed by atoms with Crippen molar-refractivity contribution in [2.45, 2.75) is 33.1 Å². The van der Waals surface area contributed by atoms with Gasteiger partial charge < -0.3 is 10.6 Å². The van der Waals surface area contributed by atoms with Crippen molar-refractivity contribution in [3.05, 3.63) is 52.8 Å². The normalized spacial score (nSPS) is 10.4. The van der Waals surface area contributed by atoms with Crippen LogP contribution in [0.1, 0.15) is 42.1 Å². The van der Waals surface area contributed by atoms with Gasteiger partial charge in [-0.3, -0.25) is 9.78 Å². The lowest BCUT2D eigenvalue weighted by atomic mass is 10.2. The van der Waals surface area contributed by atoms with Gasteiger partial charge >= 0.3 is 0 Å². The quantitative estimate of drug-likeness (QED) is 0.710. The van der Waals surface area contributed by atoms with Crippen molar-refractivity contribution < 1.29 is 4.79 Å². The summed E-state index contributed by atoms with van der Waals surface area (Å²) in [7, 11) is 0. The Balaban J connectivity index is 2.03. The SMILES string of the molecule is CCCCCNc1cncc(C(=O)Nc2cc(Cl)ccc2C)c1. The fraction of sp³-hybridized carbons (Fsp3) is 0.333. The number of carbonyl (C=O) groups excluding carboxylic acids is 1. The Kier molecular flexibility index (Phi) is 6.41. The molecule has 2 N–H and O–H groups in total. The molecule has 0 saturated carbocycles. The van der Waals surface area contributed by atoms with E-state index < -0.39 is 0 Å². The molecule has 23 heavy (non-hydrogen) atoms. The smallest absolute Gasteiger partial charge is 0.257 e. The maximum Gasteiger partial charge on any atom is 0.257 e. The molecule has 0 radical (unpaired) electrons. The minimum atomic E-state index is -0.194. The average Bonchev–Trinajstić information content (AvgIpc) is 2.55. The lowest BCUT2D eigenvalue weighted by molar-refractivity contribution is 0.102. The van der Waals surface area contributed by atoms with E-state index in [-0.39, 0.29) is 5.91 Å². The summed E-state index contributed by atoms with van der Waals surface area (Å²) in [5, 5.41) is 6.77. The first-order chi connectivity index (χ1) is 11.1. The summed E-state index contributed by atoms with van der Waals surface area (Å²) in [6.07, 6.45) is 6.77. The number of hydrogen-bond acceptors (Lipinski definition) is 3. The number of aryl methyl sites for hydroxylation is 1. The highest BCUT2D eigenvalue weighted by Crippen LogP contribution is 2.21. The van der Waals surface area contributed by atoms with Crippen molar-refractivity contribution >= 4 is 28.9 Å². The van der Waals surface area contributed by atoms with Crippen LogP contribution in [0, 0.1) is 6.92 Å². The van der Waals surface area contributed by atoms with Gasteiger partial charge in [-0.2, -0.15) is 0 Å². The number of anilines is 2. The maximum absolute atomic E-state index is 12.4. The van der Waals surface area contributed by atoms with Crippen molar-refractivity contribution in [1.82, 2.24) is 4.98 Å². The zero-order chi connectivity index (χ0) is 16.7. The monoisotopic (exact) mass is 331 g/mol. The molecule has 1 amide bonds. The summed E-state index contributed by atoms with van der Waals surface area (Å²) in [6, 6.07) is 7.24. The maximum atomic E-state index is 12.4. The topological polar surface area (TPSA) is 54.0 Å². The summed E-state index contributed by atoms with van der Waals surface area (Å²) in [5.41, 5.74) is 3.05. The van der Waals surface area contributed by atoms with Crippen LogP contribution in [-0.2, 0) is 0 Å². The van der Waals surface area contributed by atoms with Crippen LogP contribution >= 0.6 is 11.6 Å². The molecule has 0 fully saturated rings. The molecule has 0 aliphatic heterocycles. The number of hydrogen-bond donors (Lipinski definition) is 2. The highest BCUT2D eigenvalue weighted by molar-refractivity contribution is 6.31. The highest BCUT2D eigenvalue weighted by atomic mass is 35.5. The van der Waals surface area contributed by atoms with E-state index in [2.05, 4.69) is 22.5 Å². The van der Waals surface area contributed by atoms with Gasteiger partial charge in [-0.15, -0.1) is 0 Å². The number of amides is 1. The predicted molar refractivity (Wildman–Crippen MR) is 96.4 cm³/mol. The number of carbonyl (C=O) groups is 1. The van der Waals surface area contributed by atoms with Crippen LogP contribution in [0.3, 0.4) is 0 Å². The number of aromatic nitrogens is 1.